The van der Waals surface area contributed by atoms with Crippen LogP contribution in [-0.4, -0.2) is 43.1 Å². The van der Waals surface area contributed by atoms with E-state index >= 15 is 0 Å². The summed E-state index contributed by atoms with van der Waals surface area (Å²) in [6, 6.07) is 1.57. The summed E-state index contributed by atoms with van der Waals surface area (Å²) in [5.74, 6) is 0.308. The van der Waals surface area contributed by atoms with Gasteiger partial charge in [0.2, 0.25) is 10.0 Å². The molecule has 21 heavy (non-hydrogen) atoms. The second kappa shape index (κ2) is 6.69. The first-order chi connectivity index (χ1) is 9.91. The minimum Gasteiger partial charge on any atom is -0.377 e. The largest absolute Gasteiger partial charge is 0.377 e. The van der Waals surface area contributed by atoms with Gasteiger partial charge in [-0.3, -0.25) is 0 Å². The maximum Gasteiger partial charge on any atom is 0.244 e. The first-order valence-corrected chi connectivity index (χ1v) is 9.24. The Morgan fingerprint density at radius 1 is 1.52 bits per heavy atom. The molecule has 0 radical (unpaired) electrons. The number of hydrogen-bond acceptors (Lipinski definition) is 3. The van der Waals surface area contributed by atoms with Gasteiger partial charge in [0.15, 0.2) is 0 Å². The number of sulfonamides is 1. The van der Waals surface area contributed by atoms with Crippen LogP contribution in [0, 0.1) is 0 Å². The minimum absolute atomic E-state index is 0.0741. The Labute approximate surface area is 131 Å². The van der Waals surface area contributed by atoms with Crippen molar-refractivity contribution < 1.29 is 13.2 Å². The third-order valence-electron chi connectivity index (χ3n) is 4.04. The number of ether oxygens (including phenoxy) is 1. The first-order valence-electron chi connectivity index (χ1n) is 7.26. The van der Waals surface area contributed by atoms with Gasteiger partial charge < -0.3 is 9.30 Å². The number of alkyl halides is 1. The van der Waals surface area contributed by atoms with E-state index < -0.39 is 10.0 Å². The highest BCUT2D eigenvalue weighted by molar-refractivity contribution is 7.89. The Morgan fingerprint density at radius 2 is 2.24 bits per heavy atom. The van der Waals surface area contributed by atoms with Gasteiger partial charge in [0.05, 0.1) is 18.0 Å². The van der Waals surface area contributed by atoms with E-state index in [9.17, 15) is 8.42 Å². The van der Waals surface area contributed by atoms with Crippen LogP contribution in [0.1, 0.15) is 32.4 Å². The second-order valence-corrected chi connectivity index (χ2v) is 7.71. The molecule has 1 aliphatic heterocycles. The number of nitrogens with zero attached hydrogens (tertiary/aromatic N) is 2. The van der Waals surface area contributed by atoms with Crippen molar-refractivity contribution in [2.45, 2.75) is 56.2 Å². The van der Waals surface area contributed by atoms with E-state index in [0.29, 0.717) is 17.4 Å². The summed E-state index contributed by atoms with van der Waals surface area (Å²) in [6.45, 7) is 5.34. The molecule has 0 spiro atoms. The molecule has 120 valence electrons. The summed E-state index contributed by atoms with van der Waals surface area (Å²) in [7, 11) is -1.88. The molecule has 1 fully saturated rings. The lowest BCUT2D eigenvalue weighted by atomic mass is 10.2. The third-order valence-corrected chi connectivity index (χ3v) is 6.16. The summed E-state index contributed by atoms with van der Waals surface area (Å²) in [5.41, 5.74) is 0.834. The van der Waals surface area contributed by atoms with Crippen molar-refractivity contribution in [1.82, 2.24) is 8.87 Å². The van der Waals surface area contributed by atoms with E-state index in [1.807, 2.05) is 11.5 Å². The van der Waals surface area contributed by atoms with Crippen LogP contribution in [0.25, 0.3) is 0 Å². The van der Waals surface area contributed by atoms with E-state index in [4.69, 9.17) is 16.3 Å². The van der Waals surface area contributed by atoms with Crippen LogP contribution < -0.4 is 0 Å². The highest BCUT2D eigenvalue weighted by Crippen LogP contribution is 2.26. The molecule has 2 unspecified atom stereocenters. The van der Waals surface area contributed by atoms with E-state index in [2.05, 4.69) is 6.92 Å². The molecule has 7 heteroatoms. The van der Waals surface area contributed by atoms with Crippen molar-refractivity contribution in [3.63, 3.8) is 0 Å². The van der Waals surface area contributed by atoms with Crippen molar-refractivity contribution in [2.24, 2.45) is 0 Å². The van der Waals surface area contributed by atoms with Crippen LogP contribution in [0.3, 0.4) is 0 Å². The van der Waals surface area contributed by atoms with Gasteiger partial charge in [-0.05, 0) is 25.8 Å². The highest BCUT2D eigenvalue weighted by atomic mass is 35.5. The molecule has 0 saturated carbocycles. The van der Waals surface area contributed by atoms with E-state index in [1.54, 1.807) is 19.3 Å². The fourth-order valence-electron chi connectivity index (χ4n) is 2.77. The molecule has 0 aromatic carbocycles. The molecule has 1 saturated heterocycles. The normalized spacial score (nSPS) is 23.1. The molecule has 1 aromatic heterocycles. The molecule has 0 bridgehead atoms. The van der Waals surface area contributed by atoms with Crippen LogP contribution in [0.2, 0.25) is 0 Å². The van der Waals surface area contributed by atoms with E-state index in [0.717, 1.165) is 25.1 Å². The standard InChI is InChI=1S/C14H23ClN2O3S/c1-4-6-17-10-13(8-12(17)9-15)21(18,19)16(3)14-5-7-20-11(14)2/h8,10-11,14H,4-7,9H2,1-3H3. The molecule has 2 rings (SSSR count). The Hall–Kier alpha value is -0.560. The average molecular weight is 335 g/mol. The predicted octanol–water partition coefficient (Wildman–Crippen LogP) is 2.43. The number of aryl methyl sites for hydroxylation is 1. The third kappa shape index (κ3) is 3.28. The zero-order valence-corrected chi connectivity index (χ0v) is 14.3. The molecule has 2 heterocycles. The lowest BCUT2D eigenvalue weighted by Crippen LogP contribution is -2.40. The lowest BCUT2D eigenvalue weighted by Gasteiger charge is -2.25. The van der Waals surface area contributed by atoms with Crippen LogP contribution in [0.4, 0.5) is 0 Å². The zero-order valence-electron chi connectivity index (χ0n) is 12.8. The van der Waals surface area contributed by atoms with Gasteiger partial charge in [-0.2, -0.15) is 4.31 Å². The van der Waals surface area contributed by atoms with Crippen molar-refractivity contribution in [1.29, 1.82) is 0 Å². The Kier molecular flexibility index (Phi) is 5.35. The van der Waals surface area contributed by atoms with Crippen molar-refractivity contribution in [3.05, 3.63) is 18.0 Å². The molecule has 1 aromatic rings. The predicted molar refractivity (Wildman–Crippen MR) is 83.0 cm³/mol. The summed E-state index contributed by atoms with van der Waals surface area (Å²) < 4.78 is 34.4. The Morgan fingerprint density at radius 3 is 2.76 bits per heavy atom. The van der Waals surface area contributed by atoms with Crippen LogP contribution in [-0.2, 0) is 27.2 Å². The molecule has 5 nitrogen and oxygen atoms in total. The summed E-state index contributed by atoms with van der Waals surface area (Å²) in [5, 5.41) is 0. The van der Waals surface area contributed by atoms with Gasteiger partial charge in [-0.15, -0.1) is 11.6 Å². The smallest absolute Gasteiger partial charge is 0.244 e. The van der Waals surface area contributed by atoms with Crippen molar-refractivity contribution in [3.8, 4) is 0 Å². The van der Waals surface area contributed by atoms with E-state index in [1.165, 1.54) is 4.31 Å². The van der Waals surface area contributed by atoms with Crippen molar-refractivity contribution in [2.75, 3.05) is 13.7 Å². The van der Waals surface area contributed by atoms with Gasteiger partial charge in [0.1, 0.15) is 4.90 Å². The first kappa shape index (κ1) is 16.8. The molecule has 0 amide bonds. The molecular weight excluding hydrogens is 312 g/mol. The minimum atomic E-state index is -3.51. The highest BCUT2D eigenvalue weighted by Gasteiger charge is 2.35. The van der Waals surface area contributed by atoms with Gasteiger partial charge in [0.25, 0.3) is 0 Å². The van der Waals surface area contributed by atoms with Gasteiger partial charge in [-0.25, -0.2) is 8.42 Å². The van der Waals surface area contributed by atoms with Gasteiger partial charge in [0, 0.05) is 32.1 Å². The van der Waals surface area contributed by atoms with E-state index in [-0.39, 0.29) is 12.1 Å². The molecular formula is C14H23ClN2O3S. The monoisotopic (exact) mass is 334 g/mol. The topological polar surface area (TPSA) is 51.5 Å². The number of likely N-dealkylation sites (N-methyl/N-ethyl adjacent to an activating group) is 1. The fraction of sp³-hybridized carbons (Fsp3) is 0.714. The average Bonchev–Trinajstić information content (AvgIpc) is 3.04. The SMILES string of the molecule is CCCn1cc(S(=O)(=O)N(C)C2CCOC2C)cc1CCl. The zero-order chi connectivity index (χ0) is 15.6. The van der Waals surface area contributed by atoms with Gasteiger partial charge in [-0.1, -0.05) is 6.92 Å². The molecule has 1 aliphatic rings. The van der Waals surface area contributed by atoms with Crippen LogP contribution >= 0.6 is 11.6 Å². The molecule has 2 atom stereocenters. The number of aromatic nitrogens is 1. The number of rotatable bonds is 6. The lowest BCUT2D eigenvalue weighted by molar-refractivity contribution is 0.102. The number of halogens is 1. The second-order valence-electron chi connectivity index (χ2n) is 5.45. The van der Waals surface area contributed by atoms with Crippen LogP contribution in [0.5, 0.6) is 0 Å². The quantitative estimate of drug-likeness (QED) is 0.751. The summed E-state index contributed by atoms with van der Waals surface area (Å²) in [6.07, 6.45) is 3.28. The summed E-state index contributed by atoms with van der Waals surface area (Å²) in [4.78, 5) is 0.313. The Balaban J connectivity index is 2.30. The molecule has 0 aliphatic carbocycles. The molecule has 0 N–H and O–H groups in total. The van der Waals surface area contributed by atoms with Crippen molar-refractivity contribution >= 4 is 21.6 Å². The number of hydrogen-bond donors (Lipinski definition) is 0. The maximum atomic E-state index is 12.8. The Bertz CT molecular complexity index is 585. The van der Waals surface area contributed by atoms with Gasteiger partial charge >= 0.3 is 0 Å². The fourth-order valence-corrected chi connectivity index (χ4v) is 4.51. The summed E-state index contributed by atoms with van der Waals surface area (Å²) >= 11 is 5.91. The maximum absolute atomic E-state index is 12.8. The van der Waals surface area contributed by atoms with Crippen LogP contribution in [0.15, 0.2) is 17.2 Å².